The van der Waals surface area contributed by atoms with Crippen molar-refractivity contribution in [1.29, 1.82) is 0 Å². The fourth-order valence-electron chi connectivity index (χ4n) is 4.14. The predicted molar refractivity (Wildman–Crippen MR) is 116 cm³/mol. The molecule has 0 aromatic heterocycles. The smallest absolute Gasteiger partial charge is 0.269 e. The third kappa shape index (κ3) is 4.87. The van der Waals surface area contributed by atoms with Gasteiger partial charge < -0.3 is 9.64 Å². The molecule has 7 heteroatoms. The number of nitrogens with zero attached hydrogens (tertiary/aromatic N) is 3. The van der Waals surface area contributed by atoms with Crippen molar-refractivity contribution in [3.05, 3.63) is 33.9 Å². The lowest BCUT2D eigenvalue weighted by Gasteiger charge is -2.37. The van der Waals surface area contributed by atoms with Crippen molar-refractivity contribution < 1.29 is 9.66 Å². The van der Waals surface area contributed by atoms with Gasteiger partial charge in [0.05, 0.1) is 28.4 Å². The first-order chi connectivity index (χ1) is 13.2. The molecule has 1 aromatic carbocycles. The Hall–Kier alpha value is -1.60. The number of aliphatic imine (C=N–C) groups is 1. The largest absolute Gasteiger partial charge is 0.371 e. The number of hydrogen-bond donors (Lipinski definition) is 0. The molecular weight excluding hydrogens is 374 g/mol. The van der Waals surface area contributed by atoms with E-state index in [1.807, 2.05) is 6.92 Å². The second-order valence-corrected chi connectivity index (χ2v) is 9.77. The van der Waals surface area contributed by atoms with Gasteiger partial charge in [-0.25, -0.2) is 4.99 Å². The minimum Gasteiger partial charge on any atom is -0.371 e. The molecule has 2 unspecified atom stereocenters. The van der Waals surface area contributed by atoms with Gasteiger partial charge in [-0.2, -0.15) is 0 Å². The Morgan fingerprint density at radius 3 is 2.57 bits per heavy atom. The van der Waals surface area contributed by atoms with Crippen molar-refractivity contribution >= 4 is 28.3 Å². The summed E-state index contributed by atoms with van der Waals surface area (Å²) in [6.45, 7) is 10.3. The van der Waals surface area contributed by atoms with Crippen LogP contribution in [0.4, 0.5) is 11.4 Å². The summed E-state index contributed by atoms with van der Waals surface area (Å²) >= 11 is 1.78. The van der Waals surface area contributed by atoms with E-state index in [1.54, 1.807) is 23.9 Å². The average Bonchev–Trinajstić information content (AvgIpc) is 3.24. The van der Waals surface area contributed by atoms with E-state index in [0.717, 1.165) is 22.2 Å². The molecule has 0 amide bonds. The number of thioether (sulfide) groups is 1. The van der Waals surface area contributed by atoms with Crippen molar-refractivity contribution in [1.82, 2.24) is 4.90 Å². The maximum absolute atomic E-state index is 11.0. The Labute approximate surface area is 171 Å². The predicted octanol–water partition coefficient (Wildman–Crippen LogP) is 5.45. The molecule has 0 radical (unpaired) electrons. The summed E-state index contributed by atoms with van der Waals surface area (Å²) < 4.78 is 6.29. The number of hydrogen-bond acceptors (Lipinski definition) is 5. The molecule has 1 saturated heterocycles. The molecule has 1 saturated carbocycles. The van der Waals surface area contributed by atoms with Crippen LogP contribution in [0.25, 0.3) is 0 Å². The number of ether oxygens (including phenoxy) is 1. The van der Waals surface area contributed by atoms with E-state index in [1.165, 1.54) is 31.7 Å². The van der Waals surface area contributed by atoms with Crippen molar-refractivity contribution in [2.45, 2.75) is 84.1 Å². The zero-order valence-electron chi connectivity index (χ0n) is 17.5. The molecule has 1 aromatic rings. The molecular formula is C21H31N3O3S. The van der Waals surface area contributed by atoms with E-state index in [2.05, 4.69) is 32.6 Å². The molecule has 0 bridgehead atoms. The normalized spacial score (nSPS) is 23.5. The van der Waals surface area contributed by atoms with E-state index in [0.29, 0.717) is 12.1 Å². The van der Waals surface area contributed by atoms with Gasteiger partial charge in [-0.05, 0) is 59.1 Å². The quantitative estimate of drug-likeness (QED) is 0.481. The van der Waals surface area contributed by atoms with Crippen molar-refractivity contribution in [3.8, 4) is 0 Å². The lowest BCUT2D eigenvalue weighted by Crippen LogP contribution is -2.48. The fraction of sp³-hybridized carbons (Fsp3) is 0.667. The van der Waals surface area contributed by atoms with E-state index in [4.69, 9.17) is 9.73 Å². The summed E-state index contributed by atoms with van der Waals surface area (Å²) in [6.07, 6.45) is 5.02. The lowest BCUT2D eigenvalue weighted by molar-refractivity contribution is -0.384. The number of nitro groups is 1. The van der Waals surface area contributed by atoms with Crippen LogP contribution in [0.5, 0.6) is 0 Å². The molecule has 1 aliphatic carbocycles. The van der Waals surface area contributed by atoms with Gasteiger partial charge in [-0.15, -0.1) is 0 Å². The van der Waals surface area contributed by atoms with Crippen LogP contribution < -0.4 is 0 Å². The second-order valence-electron chi connectivity index (χ2n) is 8.78. The van der Waals surface area contributed by atoms with E-state index < -0.39 is 0 Å². The highest BCUT2D eigenvalue weighted by Gasteiger charge is 2.40. The van der Waals surface area contributed by atoms with Crippen LogP contribution in [-0.2, 0) is 4.74 Å². The summed E-state index contributed by atoms with van der Waals surface area (Å²) in [5.41, 5.74) is 1.57. The summed E-state index contributed by atoms with van der Waals surface area (Å²) in [4.78, 5) is 18.1. The molecule has 2 atom stereocenters. The van der Waals surface area contributed by atoms with E-state index >= 15 is 0 Å². The van der Waals surface area contributed by atoms with Gasteiger partial charge in [0.15, 0.2) is 5.17 Å². The first-order valence-electron chi connectivity index (χ1n) is 10.1. The molecule has 0 spiro atoms. The van der Waals surface area contributed by atoms with Gasteiger partial charge in [0.25, 0.3) is 5.69 Å². The number of aryl methyl sites for hydroxylation is 1. The van der Waals surface area contributed by atoms with Crippen LogP contribution in [0, 0.1) is 17.0 Å². The fourth-order valence-corrected chi connectivity index (χ4v) is 5.48. The number of amidine groups is 1. The SMILES string of the molecule is Cc1cc([N+](=O)[O-])ccc1N=C1SCC(C(C)OC(C)(C)C)N1C1CCCC1. The highest BCUT2D eigenvalue weighted by atomic mass is 32.2. The Morgan fingerprint density at radius 1 is 1.32 bits per heavy atom. The summed E-state index contributed by atoms with van der Waals surface area (Å²) in [7, 11) is 0. The van der Waals surface area contributed by atoms with Gasteiger partial charge in [0.2, 0.25) is 0 Å². The van der Waals surface area contributed by atoms with E-state index in [-0.39, 0.29) is 22.3 Å². The van der Waals surface area contributed by atoms with Crippen LogP contribution in [0.15, 0.2) is 23.2 Å². The molecule has 2 aliphatic rings. The summed E-state index contributed by atoms with van der Waals surface area (Å²) in [6, 6.07) is 5.69. The standard InChI is InChI=1S/C21H31N3O3S/c1-14-12-17(24(25)26)10-11-18(14)22-20-23(16-8-6-7-9-16)19(13-28-20)15(2)27-21(3,4)5/h10-12,15-16,19H,6-9,13H2,1-5H3. The maximum atomic E-state index is 11.0. The molecule has 1 heterocycles. The Morgan fingerprint density at radius 2 is 2.00 bits per heavy atom. The molecule has 2 fully saturated rings. The number of benzene rings is 1. The molecule has 154 valence electrons. The minimum atomic E-state index is -0.360. The molecule has 28 heavy (non-hydrogen) atoms. The summed E-state index contributed by atoms with van der Waals surface area (Å²) in [5.74, 6) is 0.957. The van der Waals surface area contributed by atoms with Gasteiger partial charge in [-0.3, -0.25) is 10.1 Å². The minimum absolute atomic E-state index is 0.109. The van der Waals surface area contributed by atoms with Gasteiger partial charge in [0, 0.05) is 23.9 Å². The Balaban J connectivity index is 1.89. The summed E-state index contributed by atoms with van der Waals surface area (Å²) in [5, 5.41) is 12.0. The third-order valence-electron chi connectivity index (χ3n) is 5.37. The topological polar surface area (TPSA) is 68.0 Å². The van der Waals surface area contributed by atoms with Gasteiger partial charge in [0.1, 0.15) is 0 Å². The van der Waals surface area contributed by atoms with Gasteiger partial charge in [-0.1, -0.05) is 24.6 Å². The van der Waals surface area contributed by atoms with Gasteiger partial charge >= 0.3 is 0 Å². The maximum Gasteiger partial charge on any atom is 0.269 e. The van der Waals surface area contributed by atoms with Crippen LogP contribution in [0.1, 0.15) is 58.9 Å². The van der Waals surface area contributed by atoms with Crippen LogP contribution >= 0.6 is 11.8 Å². The van der Waals surface area contributed by atoms with Crippen LogP contribution in [0.2, 0.25) is 0 Å². The molecule has 3 rings (SSSR count). The molecule has 0 N–H and O–H groups in total. The number of rotatable bonds is 5. The lowest BCUT2D eigenvalue weighted by atomic mass is 10.1. The highest BCUT2D eigenvalue weighted by molar-refractivity contribution is 8.14. The highest BCUT2D eigenvalue weighted by Crippen LogP contribution is 2.38. The zero-order chi connectivity index (χ0) is 20.5. The molecule has 6 nitrogen and oxygen atoms in total. The average molecular weight is 406 g/mol. The number of non-ortho nitro benzene ring substituents is 1. The van der Waals surface area contributed by atoms with Crippen molar-refractivity contribution in [2.75, 3.05) is 5.75 Å². The first kappa shape index (κ1) is 21.1. The van der Waals surface area contributed by atoms with Crippen LogP contribution in [-0.4, -0.2) is 44.5 Å². The number of nitro benzene ring substituents is 1. The second kappa shape index (κ2) is 8.41. The monoisotopic (exact) mass is 405 g/mol. The molecule has 1 aliphatic heterocycles. The first-order valence-corrected chi connectivity index (χ1v) is 11.1. The third-order valence-corrected chi connectivity index (χ3v) is 6.44. The Bertz CT molecular complexity index is 754. The zero-order valence-corrected chi connectivity index (χ0v) is 18.3. The van der Waals surface area contributed by atoms with E-state index in [9.17, 15) is 10.1 Å². The van der Waals surface area contributed by atoms with Crippen LogP contribution in [0.3, 0.4) is 0 Å². The Kier molecular flexibility index (Phi) is 6.34. The van der Waals surface area contributed by atoms with Crippen molar-refractivity contribution in [2.24, 2.45) is 4.99 Å². The van der Waals surface area contributed by atoms with Crippen molar-refractivity contribution in [3.63, 3.8) is 0 Å².